The molecule has 1 aliphatic carbocycles. The van der Waals surface area contributed by atoms with E-state index in [1.165, 1.54) is 0 Å². The van der Waals surface area contributed by atoms with E-state index in [1.54, 1.807) is 4.90 Å². The maximum atomic E-state index is 12.8. The molecule has 2 saturated heterocycles. The number of aliphatic carboxylic acids is 1. The lowest BCUT2D eigenvalue weighted by Gasteiger charge is -2.32. The summed E-state index contributed by atoms with van der Waals surface area (Å²) in [5.74, 6) is -1.78. The first-order valence-corrected chi connectivity index (χ1v) is 8.43. The fourth-order valence-corrected chi connectivity index (χ4v) is 4.33. The van der Waals surface area contributed by atoms with E-state index >= 15 is 0 Å². The normalized spacial score (nSPS) is 34.4. The SMILES string of the molecule is O=C1N[C@@H](C(=O)N2C[C@@H](C(=O)O)[C@H](c3ccccc3)C2)[C@@H]2CC[C@H]12. The van der Waals surface area contributed by atoms with Crippen molar-refractivity contribution in [2.45, 2.75) is 24.8 Å². The first kappa shape index (κ1) is 15.2. The highest BCUT2D eigenvalue weighted by molar-refractivity contribution is 5.94. The van der Waals surface area contributed by atoms with Gasteiger partial charge in [-0.2, -0.15) is 0 Å². The minimum atomic E-state index is -0.879. The monoisotopic (exact) mass is 328 g/mol. The van der Waals surface area contributed by atoms with Crippen LogP contribution < -0.4 is 5.32 Å². The van der Waals surface area contributed by atoms with Crippen molar-refractivity contribution in [2.24, 2.45) is 17.8 Å². The van der Waals surface area contributed by atoms with Crippen LogP contribution in [-0.2, 0) is 14.4 Å². The number of hydrogen-bond acceptors (Lipinski definition) is 3. The van der Waals surface area contributed by atoms with Gasteiger partial charge < -0.3 is 15.3 Å². The van der Waals surface area contributed by atoms with Gasteiger partial charge in [0, 0.05) is 24.9 Å². The average Bonchev–Trinajstić information content (AvgIpc) is 3.07. The topological polar surface area (TPSA) is 86.7 Å². The standard InChI is InChI=1S/C18H20N2O4/c21-16-12-7-6-11(12)15(19-16)17(22)20-8-13(14(9-20)18(23)24)10-4-2-1-3-5-10/h1-5,11-15H,6-9H2,(H,19,21)(H,23,24)/t11-,12+,13+,14-,15-/m1/s1. The summed E-state index contributed by atoms with van der Waals surface area (Å²) in [5, 5.41) is 12.4. The van der Waals surface area contributed by atoms with Crippen LogP contribution in [0.15, 0.2) is 30.3 Å². The predicted octanol–water partition coefficient (Wildman–Crippen LogP) is 0.838. The van der Waals surface area contributed by atoms with Gasteiger partial charge in [-0.1, -0.05) is 30.3 Å². The predicted molar refractivity (Wildman–Crippen MR) is 85.0 cm³/mol. The van der Waals surface area contributed by atoms with Crippen molar-refractivity contribution >= 4 is 17.8 Å². The fraction of sp³-hybridized carbons (Fsp3) is 0.500. The maximum Gasteiger partial charge on any atom is 0.308 e. The number of likely N-dealkylation sites (tertiary alicyclic amines) is 1. The van der Waals surface area contributed by atoms with Gasteiger partial charge >= 0.3 is 5.97 Å². The Hall–Kier alpha value is -2.37. The summed E-state index contributed by atoms with van der Waals surface area (Å²) in [7, 11) is 0. The molecule has 0 aromatic heterocycles. The van der Waals surface area contributed by atoms with Crippen LogP contribution in [0, 0.1) is 17.8 Å². The summed E-state index contributed by atoms with van der Waals surface area (Å²) in [5.41, 5.74) is 0.942. The van der Waals surface area contributed by atoms with Crippen molar-refractivity contribution in [3.8, 4) is 0 Å². The number of amides is 2. The Balaban J connectivity index is 1.54. The molecule has 3 fully saturated rings. The molecule has 3 aliphatic rings. The second kappa shape index (κ2) is 5.61. The Morgan fingerprint density at radius 3 is 2.42 bits per heavy atom. The molecule has 4 rings (SSSR count). The molecule has 2 N–H and O–H groups in total. The van der Waals surface area contributed by atoms with Crippen molar-refractivity contribution in [1.82, 2.24) is 10.2 Å². The Morgan fingerprint density at radius 1 is 1.08 bits per heavy atom. The summed E-state index contributed by atoms with van der Waals surface area (Å²) >= 11 is 0. The van der Waals surface area contributed by atoms with Crippen molar-refractivity contribution in [1.29, 1.82) is 0 Å². The molecule has 126 valence electrons. The van der Waals surface area contributed by atoms with Gasteiger partial charge in [-0.25, -0.2) is 0 Å². The number of carboxylic acids is 1. The maximum absolute atomic E-state index is 12.8. The van der Waals surface area contributed by atoms with E-state index < -0.39 is 17.9 Å². The first-order chi connectivity index (χ1) is 11.6. The van der Waals surface area contributed by atoms with Gasteiger partial charge in [0.05, 0.1) is 5.92 Å². The quantitative estimate of drug-likeness (QED) is 0.861. The number of rotatable bonds is 3. The molecule has 2 aliphatic heterocycles. The van der Waals surface area contributed by atoms with E-state index in [9.17, 15) is 19.5 Å². The van der Waals surface area contributed by atoms with E-state index in [0.29, 0.717) is 6.54 Å². The molecule has 6 nitrogen and oxygen atoms in total. The number of benzene rings is 1. The Morgan fingerprint density at radius 2 is 1.83 bits per heavy atom. The Kier molecular flexibility index (Phi) is 3.55. The molecule has 2 heterocycles. The molecule has 0 unspecified atom stereocenters. The summed E-state index contributed by atoms with van der Waals surface area (Å²) in [6.45, 7) is 0.598. The van der Waals surface area contributed by atoms with Gasteiger partial charge in [0.25, 0.3) is 0 Å². The van der Waals surface area contributed by atoms with Gasteiger partial charge in [-0.05, 0) is 24.3 Å². The van der Waals surface area contributed by atoms with Crippen molar-refractivity contribution in [3.05, 3.63) is 35.9 Å². The Bertz CT molecular complexity index is 690. The molecule has 0 spiro atoms. The van der Waals surface area contributed by atoms with Gasteiger partial charge in [-0.3, -0.25) is 14.4 Å². The van der Waals surface area contributed by atoms with E-state index in [1.807, 2.05) is 30.3 Å². The summed E-state index contributed by atoms with van der Waals surface area (Å²) < 4.78 is 0. The fourth-order valence-electron chi connectivity index (χ4n) is 4.33. The second-order valence-electron chi connectivity index (χ2n) is 7.04. The summed E-state index contributed by atoms with van der Waals surface area (Å²) in [6, 6.07) is 9.01. The minimum absolute atomic E-state index is 0.0262. The number of carboxylic acid groups (broad SMARTS) is 1. The van der Waals surface area contributed by atoms with Gasteiger partial charge in [0.15, 0.2) is 0 Å². The number of carbonyl (C=O) groups excluding carboxylic acids is 2. The average molecular weight is 328 g/mol. The molecular weight excluding hydrogens is 308 g/mol. The lowest BCUT2D eigenvalue weighted by Crippen LogP contribution is -2.47. The van der Waals surface area contributed by atoms with Crippen LogP contribution in [0.5, 0.6) is 0 Å². The van der Waals surface area contributed by atoms with E-state index in [2.05, 4.69) is 5.32 Å². The molecule has 5 atom stereocenters. The summed E-state index contributed by atoms with van der Waals surface area (Å²) in [4.78, 5) is 38.0. The Labute approximate surface area is 139 Å². The number of nitrogens with one attached hydrogen (secondary N) is 1. The third-order valence-electron chi connectivity index (χ3n) is 5.83. The van der Waals surface area contributed by atoms with Gasteiger partial charge in [0.1, 0.15) is 6.04 Å². The molecular formula is C18H20N2O4. The van der Waals surface area contributed by atoms with Crippen LogP contribution in [0.1, 0.15) is 24.3 Å². The summed E-state index contributed by atoms with van der Waals surface area (Å²) in [6.07, 6.45) is 1.74. The van der Waals surface area contributed by atoms with E-state index in [4.69, 9.17) is 0 Å². The first-order valence-electron chi connectivity index (χ1n) is 8.43. The molecule has 1 aromatic carbocycles. The number of fused-ring (bicyclic) bond motifs is 1. The molecule has 0 radical (unpaired) electrons. The van der Waals surface area contributed by atoms with E-state index in [0.717, 1.165) is 18.4 Å². The molecule has 1 saturated carbocycles. The lowest BCUT2D eigenvalue weighted by atomic mass is 9.72. The zero-order valence-electron chi connectivity index (χ0n) is 13.2. The molecule has 2 amide bonds. The molecule has 6 heteroatoms. The molecule has 24 heavy (non-hydrogen) atoms. The highest BCUT2D eigenvalue weighted by Crippen LogP contribution is 2.42. The number of nitrogens with zero attached hydrogens (tertiary/aromatic N) is 1. The smallest absolute Gasteiger partial charge is 0.308 e. The highest BCUT2D eigenvalue weighted by Gasteiger charge is 2.53. The molecule has 1 aromatic rings. The van der Waals surface area contributed by atoms with Gasteiger partial charge in [-0.15, -0.1) is 0 Å². The van der Waals surface area contributed by atoms with E-state index in [-0.39, 0.29) is 36.1 Å². The number of carbonyl (C=O) groups is 3. The minimum Gasteiger partial charge on any atom is -0.481 e. The van der Waals surface area contributed by atoms with Crippen molar-refractivity contribution in [3.63, 3.8) is 0 Å². The van der Waals surface area contributed by atoms with Crippen LogP contribution in [0.4, 0.5) is 0 Å². The zero-order valence-corrected chi connectivity index (χ0v) is 13.2. The van der Waals surface area contributed by atoms with Crippen LogP contribution in [0.2, 0.25) is 0 Å². The van der Waals surface area contributed by atoms with Crippen molar-refractivity contribution in [2.75, 3.05) is 13.1 Å². The lowest BCUT2D eigenvalue weighted by molar-refractivity contribution is -0.142. The van der Waals surface area contributed by atoms with Crippen LogP contribution >= 0.6 is 0 Å². The zero-order chi connectivity index (χ0) is 16.8. The largest absolute Gasteiger partial charge is 0.481 e. The van der Waals surface area contributed by atoms with Crippen LogP contribution in [0.25, 0.3) is 0 Å². The third-order valence-corrected chi connectivity index (χ3v) is 5.83. The molecule has 0 bridgehead atoms. The van der Waals surface area contributed by atoms with Crippen LogP contribution in [0.3, 0.4) is 0 Å². The van der Waals surface area contributed by atoms with Crippen molar-refractivity contribution < 1.29 is 19.5 Å². The second-order valence-corrected chi connectivity index (χ2v) is 7.04. The number of hydrogen-bond donors (Lipinski definition) is 2. The highest BCUT2D eigenvalue weighted by atomic mass is 16.4. The third kappa shape index (κ3) is 2.28. The van der Waals surface area contributed by atoms with Crippen LogP contribution in [-0.4, -0.2) is 46.9 Å². The van der Waals surface area contributed by atoms with Gasteiger partial charge in [0.2, 0.25) is 11.8 Å².